The Morgan fingerprint density at radius 3 is 2.07 bits per heavy atom. The molecule has 0 aromatic rings. The van der Waals surface area contributed by atoms with Gasteiger partial charge in [0, 0.05) is 39.3 Å². The molecule has 1 spiro atoms. The maximum atomic E-state index is 14.2. The number of carbonyl (C=O) groups is 5. The molecule has 0 aromatic carbocycles. The molecule has 2 aliphatic carbocycles. The molecule has 0 bridgehead atoms. The van der Waals surface area contributed by atoms with E-state index in [1.165, 1.54) is 4.90 Å². The second-order valence-corrected chi connectivity index (χ2v) is 17.2. The predicted molar refractivity (Wildman–Crippen MR) is 212 cm³/mol. The first kappa shape index (κ1) is 44.9. The molecule has 314 valence electrons. The van der Waals surface area contributed by atoms with Gasteiger partial charge in [-0.3, -0.25) is 24.0 Å². The Balaban J connectivity index is 1.60. The fourth-order valence-electron chi connectivity index (χ4n) is 8.95. The van der Waals surface area contributed by atoms with Gasteiger partial charge in [0.25, 0.3) is 0 Å². The summed E-state index contributed by atoms with van der Waals surface area (Å²) in [5.41, 5.74) is 6.48. The van der Waals surface area contributed by atoms with Crippen molar-refractivity contribution in [1.82, 2.24) is 31.5 Å². The predicted octanol–water partition coefficient (Wildman–Crippen LogP) is 2.52. The van der Waals surface area contributed by atoms with Crippen LogP contribution < -0.4 is 32.3 Å². The summed E-state index contributed by atoms with van der Waals surface area (Å²) in [4.78, 5) is 71.7. The highest BCUT2D eigenvalue weighted by Crippen LogP contribution is 2.48. The zero-order valence-electron chi connectivity index (χ0n) is 34.4. The number of hydrogen-bond donors (Lipinski definition) is 6. The van der Waals surface area contributed by atoms with Gasteiger partial charge in [-0.05, 0) is 62.7 Å². The van der Waals surface area contributed by atoms with E-state index in [4.69, 9.17) is 15.2 Å². The quantitative estimate of drug-likeness (QED) is 0.121. The molecule has 2 aliphatic heterocycles. The van der Waals surface area contributed by atoms with Crippen molar-refractivity contribution in [3.63, 3.8) is 0 Å². The molecule has 0 aromatic heterocycles. The molecule has 7 atom stereocenters. The zero-order valence-corrected chi connectivity index (χ0v) is 34.4. The maximum Gasteiger partial charge on any atom is 0.245 e. The van der Waals surface area contributed by atoms with Crippen molar-refractivity contribution in [2.24, 2.45) is 28.9 Å². The summed E-state index contributed by atoms with van der Waals surface area (Å²) in [6, 6.07) is -4.38. The van der Waals surface area contributed by atoms with Gasteiger partial charge in [0.2, 0.25) is 29.5 Å². The number of nitrogens with zero attached hydrogens (tertiary/aromatic N) is 1. The Hall–Kier alpha value is -2.81. The van der Waals surface area contributed by atoms with Crippen molar-refractivity contribution in [3.8, 4) is 0 Å². The molecule has 0 radical (unpaired) electrons. The summed E-state index contributed by atoms with van der Waals surface area (Å²) < 4.78 is 12.5. The summed E-state index contributed by atoms with van der Waals surface area (Å²) in [5.74, 6) is -2.46. The van der Waals surface area contributed by atoms with Crippen LogP contribution >= 0.6 is 0 Å². The normalized spacial score (nSPS) is 31.1. The highest BCUT2D eigenvalue weighted by Gasteiger charge is 2.48. The van der Waals surface area contributed by atoms with Crippen LogP contribution in [0.5, 0.6) is 0 Å². The third kappa shape index (κ3) is 12.8. The van der Waals surface area contributed by atoms with Crippen molar-refractivity contribution in [1.29, 1.82) is 0 Å². The molecular formula is C41H73N7O7. The number of ether oxygens (including phenoxy) is 2. The topological polar surface area (TPSA) is 193 Å². The summed E-state index contributed by atoms with van der Waals surface area (Å²) in [7, 11) is 1.66. The zero-order chi connectivity index (χ0) is 40.0. The number of carbonyl (C=O) groups excluding carboxylic acids is 5. The minimum atomic E-state index is -1.15. The molecule has 5 amide bonds. The number of nitrogens with two attached hydrogens (primary N) is 1. The highest BCUT2D eigenvalue weighted by molar-refractivity contribution is 5.96. The fourth-order valence-corrected chi connectivity index (χ4v) is 8.95. The van der Waals surface area contributed by atoms with Gasteiger partial charge >= 0.3 is 0 Å². The van der Waals surface area contributed by atoms with E-state index in [2.05, 4.69) is 33.5 Å². The van der Waals surface area contributed by atoms with Crippen molar-refractivity contribution < 1.29 is 33.4 Å². The Morgan fingerprint density at radius 2 is 1.45 bits per heavy atom. The van der Waals surface area contributed by atoms with Gasteiger partial charge in [-0.1, -0.05) is 78.6 Å². The smallest absolute Gasteiger partial charge is 0.245 e. The van der Waals surface area contributed by atoms with E-state index < -0.39 is 65.9 Å². The number of likely N-dealkylation sites (N-methyl/N-ethyl adjacent to an activating group) is 1. The van der Waals surface area contributed by atoms with Gasteiger partial charge in [0.1, 0.15) is 24.2 Å². The molecule has 4 fully saturated rings. The van der Waals surface area contributed by atoms with Crippen LogP contribution in [0.1, 0.15) is 124 Å². The maximum absolute atomic E-state index is 14.2. The van der Waals surface area contributed by atoms with Gasteiger partial charge in [0.05, 0.1) is 25.2 Å². The van der Waals surface area contributed by atoms with Crippen LogP contribution in [0.4, 0.5) is 0 Å². The van der Waals surface area contributed by atoms with Gasteiger partial charge in [-0.15, -0.1) is 0 Å². The second-order valence-electron chi connectivity index (χ2n) is 17.2. The molecule has 5 unspecified atom stereocenters. The summed E-state index contributed by atoms with van der Waals surface area (Å²) in [5, 5.41) is 15.0. The average Bonchev–Trinajstić information content (AvgIpc) is 3.42. The van der Waals surface area contributed by atoms with E-state index in [0.717, 1.165) is 90.1 Å². The molecule has 14 heteroatoms. The first-order valence-corrected chi connectivity index (χ1v) is 21.5. The number of rotatable bonds is 13. The molecule has 4 rings (SSSR count). The second kappa shape index (κ2) is 22.2. The van der Waals surface area contributed by atoms with Crippen molar-refractivity contribution in [2.45, 2.75) is 160 Å². The van der Waals surface area contributed by atoms with E-state index in [9.17, 15) is 24.0 Å². The van der Waals surface area contributed by atoms with Gasteiger partial charge in [-0.2, -0.15) is 0 Å². The molecule has 7 N–H and O–H groups in total. The monoisotopic (exact) mass is 776 g/mol. The van der Waals surface area contributed by atoms with Crippen LogP contribution in [-0.2, 0) is 33.4 Å². The Morgan fingerprint density at radius 1 is 0.782 bits per heavy atom. The molecule has 2 saturated heterocycles. The lowest BCUT2D eigenvalue weighted by Gasteiger charge is -2.54. The van der Waals surface area contributed by atoms with Crippen LogP contribution in [0.15, 0.2) is 0 Å². The molecule has 55 heavy (non-hydrogen) atoms. The van der Waals surface area contributed by atoms with E-state index in [1.54, 1.807) is 7.05 Å². The van der Waals surface area contributed by atoms with Crippen LogP contribution in [-0.4, -0.2) is 117 Å². The summed E-state index contributed by atoms with van der Waals surface area (Å²) in [6.07, 6.45) is 12.9. The van der Waals surface area contributed by atoms with Crippen molar-refractivity contribution in [3.05, 3.63) is 0 Å². The Kier molecular flexibility index (Phi) is 18.1. The average molecular weight is 776 g/mol. The van der Waals surface area contributed by atoms with Gasteiger partial charge in [0.15, 0.2) is 0 Å². The third-order valence-corrected chi connectivity index (χ3v) is 12.5. The molecule has 2 saturated carbocycles. The van der Waals surface area contributed by atoms with E-state index >= 15 is 0 Å². The summed E-state index contributed by atoms with van der Waals surface area (Å²) in [6.45, 7) is 10.2. The Bertz CT molecular complexity index is 1250. The molecular weight excluding hydrogens is 702 g/mol. The van der Waals surface area contributed by atoms with Crippen molar-refractivity contribution in [2.75, 3.05) is 46.5 Å². The number of nitrogens with one attached hydrogen (secondary N) is 5. The van der Waals surface area contributed by atoms with Crippen LogP contribution in [0.2, 0.25) is 0 Å². The van der Waals surface area contributed by atoms with Crippen molar-refractivity contribution >= 4 is 29.5 Å². The first-order valence-electron chi connectivity index (χ1n) is 21.5. The lowest BCUT2D eigenvalue weighted by atomic mass is 9.59. The highest BCUT2D eigenvalue weighted by atomic mass is 16.5. The lowest BCUT2D eigenvalue weighted by molar-refractivity contribution is -0.147. The Labute approximate surface area is 329 Å². The molecule has 14 nitrogen and oxygen atoms in total. The fraction of sp³-hybridized carbons (Fsp3) is 0.878. The molecule has 4 aliphatic rings. The minimum Gasteiger partial charge on any atom is -0.378 e. The van der Waals surface area contributed by atoms with Gasteiger partial charge in [-0.25, -0.2) is 0 Å². The largest absolute Gasteiger partial charge is 0.378 e. The lowest BCUT2D eigenvalue weighted by Crippen LogP contribution is -2.62. The number of amides is 5. The van der Waals surface area contributed by atoms with Crippen LogP contribution in [0.25, 0.3) is 0 Å². The summed E-state index contributed by atoms with van der Waals surface area (Å²) >= 11 is 0. The van der Waals surface area contributed by atoms with Crippen LogP contribution in [0, 0.1) is 23.2 Å². The molecule has 2 heterocycles. The minimum absolute atomic E-state index is 0.0460. The third-order valence-electron chi connectivity index (χ3n) is 12.5. The first-order chi connectivity index (χ1) is 26.4. The van der Waals surface area contributed by atoms with E-state index in [-0.39, 0.29) is 31.6 Å². The van der Waals surface area contributed by atoms with E-state index in [0.29, 0.717) is 37.2 Å². The van der Waals surface area contributed by atoms with Crippen LogP contribution in [0.3, 0.4) is 0 Å². The van der Waals surface area contributed by atoms with Gasteiger partial charge < -0.3 is 46.7 Å². The standard InChI is InChI=1S/C41H73N7O7/c1-6-8-9-14-18-34-28(4)40(53)48(5)33(15-7-2)38(51)47-35(30-16-12-10-11-13-17-30)39(52)45-31(21-42)36(49)46-32(37(50)44-27(3)22-55-34)24-54-23-29-19-41(20-29)25-43-26-41/h27-35,43H,6-26,42H2,1-5H3,(H,44,50)(H,45,52)(H,46,49)(H,47,51)/t27-,28?,31?,32?,33?,34-,35?/m1/s1. The number of hydrogen-bond acceptors (Lipinski definition) is 9. The van der Waals surface area contributed by atoms with E-state index in [1.807, 2.05) is 20.8 Å². The number of unbranched alkanes of at least 4 members (excludes halogenated alkanes) is 3. The SMILES string of the molecule is CCCCCC[C@H]1OC[C@@H](C)NC(=O)C(COCC2CC3(CNC3)C2)NC(=O)C(CN)NC(=O)C(C2CCCCCC2)NC(=O)C(CCC)N(C)C(=O)C1C.